The van der Waals surface area contributed by atoms with Crippen LogP contribution in [0.15, 0.2) is 48.5 Å². The molecular weight excluding hydrogens is 388 g/mol. The summed E-state index contributed by atoms with van der Waals surface area (Å²) in [4.78, 5) is 12.9. The molecule has 0 aliphatic rings. The molecule has 146 valence electrons. The van der Waals surface area contributed by atoms with Gasteiger partial charge in [0.2, 0.25) is 15.9 Å². The molecule has 2 aromatic rings. The highest BCUT2D eigenvalue weighted by Gasteiger charge is 2.31. The lowest BCUT2D eigenvalue weighted by Crippen LogP contribution is -2.46. The van der Waals surface area contributed by atoms with Gasteiger partial charge in [-0.1, -0.05) is 24.6 Å². The molecule has 1 atom stereocenters. The molecule has 0 spiro atoms. The molecule has 1 unspecified atom stereocenters. The molecule has 1 N–H and O–H groups in total. The van der Waals surface area contributed by atoms with E-state index in [2.05, 4.69) is 5.32 Å². The predicted octanol–water partition coefficient (Wildman–Crippen LogP) is 3.92. The zero-order valence-electron chi connectivity index (χ0n) is 15.5. The minimum Gasteiger partial charge on any atom is -0.494 e. The number of halogens is 1. The van der Waals surface area contributed by atoms with Crippen molar-refractivity contribution >= 4 is 38.9 Å². The monoisotopic (exact) mass is 410 g/mol. The molecule has 0 aliphatic carbocycles. The molecule has 1 amide bonds. The molecule has 2 rings (SSSR count). The number of benzene rings is 2. The van der Waals surface area contributed by atoms with Gasteiger partial charge in [0.15, 0.2) is 0 Å². The Balaban J connectivity index is 2.32. The van der Waals surface area contributed by atoms with Gasteiger partial charge in [-0.05, 0) is 49.7 Å². The second-order valence-electron chi connectivity index (χ2n) is 5.91. The first-order valence-electron chi connectivity index (χ1n) is 8.55. The molecule has 2 aromatic carbocycles. The Morgan fingerprint density at radius 2 is 1.85 bits per heavy atom. The maximum atomic E-state index is 12.9. The van der Waals surface area contributed by atoms with E-state index in [4.69, 9.17) is 16.3 Å². The van der Waals surface area contributed by atoms with Gasteiger partial charge in [0.05, 0.1) is 18.6 Å². The third-order valence-corrected chi connectivity index (χ3v) is 5.26. The third kappa shape index (κ3) is 5.61. The number of nitrogens with zero attached hydrogens (tertiary/aromatic N) is 1. The van der Waals surface area contributed by atoms with Crippen LogP contribution in [0.1, 0.15) is 20.3 Å². The second-order valence-corrected chi connectivity index (χ2v) is 8.21. The Morgan fingerprint density at radius 3 is 2.41 bits per heavy atom. The van der Waals surface area contributed by atoms with E-state index in [9.17, 15) is 13.2 Å². The second kappa shape index (κ2) is 9.10. The third-order valence-electron chi connectivity index (χ3n) is 3.82. The van der Waals surface area contributed by atoms with Gasteiger partial charge in [-0.15, -0.1) is 0 Å². The maximum absolute atomic E-state index is 12.9. The van der Waals surface area contributed by atoms with E-state index < -0.39 is 22.0 Å². The van der Waals surface area contributed by atoms with Crippen LogP contribution in [-0.4, -0.2) is 33.2 Å². The summed E-state index contributed by atoms with van der Waals surface area (Å²) in [6.45, 7) is 4.14. The van der Waals surface area contributed by atoms with Crippen LogP contribution in [0.2, 0.25) is 5.02 Å². The summed E-state index contributed by atoms with van der Waals surface area (Å²) in [5.41, 5.74) is 0.918. The zero-order chi connectivity index (χ0) is 20.0. The average molecular weight is 411 g/mol. The molecule has 6 nitrogen and oxygen atoms in total. The quantitative estimate of drug-likeness (QED) is 0.715. The summed E-state index contributed by atoms with van der Waals surface area (Å²) in [5, 5.41) is 3.26. The number of amides is 1. The number of carbonyl (C=O) groups is 1. The van der Waals surface area contributed by atoms with Crippen LogP contribution < -0.4 is 14.4 Å². The molecule has 27 heavy (non-hydrogen) atoms. The highest BCUT2D eigenvalue weighted by molar-refractivity contribution is 7.92. The fourth-order valence-electron chi connectivity index (χ4n) is 2.70. The maximum Gasteiger partial charge on any atom is 0.248 e. The molecule has 0 bridgehead atoms. The molecule has 8 heteroatoms. The smallest absolute Gasteiger partial charge is 0.248 e. The average Bonchev–Trinajstić information content (AvgIpc) is 2.60. The lowest BCUT2D eigenvalue weighted by atomic mass is 10.1. The van der Waals surface area contributed by atoms with Gasteiger partial charge in [0, 0.05) is 16.8 Å². The van der Waals surface area contributed by atoms with Crippen LogP contribution in [-0.2, 0) is 14.8 Å². The highest BCUT2D eigenvalue weighted by atomic mass is 35.5. The van der Waals surface area contributed by atoms with Gasteiger partial charge in [-0.3, -0.25) is 9.10 Å². The number of hydrogen-bond acceptors (Lipinski definition) is 4. The van der Waals surface area contributed by atoms with Crippen molar-refractivity contribution < 1.29 is 17.9 Å². The van der Waals surface area contributed by atoms with Gasteiger partial charge in [-0.25, -0.2) is 8.42 Å². The van der Waals surface area contributed by atoms with E-state index in [1.54, 1.807) is 55.5 Å². The van der Waals surface area contributed by atoms with Crippen molar-refractivity contribution in [2.75, 3.05) is 22.5 Å². The van der Waals surface area contributed by atoms with Crippen LogP contribution >= 0.6 is 11.6 Å². The van der Waals surface area contributed by atoms with Gasteiger partial charge in [0.25, 0.3) is 0 Å². The Kier molecular flexibility index (Phi) is 7.10. The summed E-state index contributed by atoms with van der Waals surface area (Å²) in [7, 11) is -3.69. The first kappa shape index (κ1) is 21.1. The van der Waals surface area contributed by atoms with E-state index in [1.807, 2.05) is 6.92 Å². The fraction of sp³-hybridized carbons (Fsp3) is 0.316. The molecule has 0 heterocycles. The van der Waals surface area contributed by atoms with Crippen molar-refractivity contribution in [3.05, 3.63) is 53.6 Å². The molecule has 0 aromatic heterocycles. The van der Waals surface area contributed by atoms with Crippen LogP contribution in [0, 0.1) is 0 Å². The van der Waals surface area contributed by atoms with Gasteiger partial charge >= 0.3 is 0 Å². The number of ether oxygens (including phenoxy) is 1. The SMILES string of the molecule is CCOc1cccc(NC(=O)C(CC)N(c2ccc(Cl)cc2)S(C)(=O)=O)c1. The Morgan fingerprint density at radius 1 is 1.19 bits per heavy atom. The molecule has 0 saturated heterocycles. The summed E-state index contributed by atoms with van der Waals surface area (Å²) >= 11 is 5.90. The van der Waals surface area contributed by atoms with Gasteiger partial charge < -0.3 is 10.1 Å². The number of rotatable bonds is 8. The van der Waals surface area contributed by atoms with E-state index in [0.29, 0.717) is 35.2 Å². The Bertz CT molecular complexity index is 885. The van der Waals surface area contributed by atoms with Crippen molar-refractivity contribution in [3.63, 3.8) is 0 Å². The molecule has 0 saturated carbocycles. The number of carbonyl (C=O) groups excluding carboxylic acids is 1. The largest absolute Gasteiger partial charge is 0.494 e. The van der Waals surface area contributed by atoms with E-state index in [0.717, 1.165) is 10.6 Å². The zero-order valence-corrected chi connectivity index (χ0v) is 17.0. The van der Waals surface area contributed by atoms with Gasteiger partial charge in [-0.2, -0.15) is 0 Å². The van der Waals surface area contributed by atoms with Crippen LogP contribution in [0.4, 0.5) is 11.4 Å². The molecule has 0 aliphatic heterocycles. The lowest BCUT2D eigenvalue weighted by Gasteiger charge is -2.30. The van der Waals surface area contributed by atoms with Crippen LogP contribution in [0.3, 0.4) is 0 Å². The number of hydrogen-bond donors (Lipinski definition) is 1. The highest BCUT2D eigenvalue weighted by Crippen LogP contribution is 2.25. The van der Waals surface area contributed by atoms with E-state index in [1.165, 1.54) is 0 Å². The van der Waals surface area contributed by atoms with Crippen molar-refractivity contribution in [1.82, 2.24) is 0 Å². The van der Waals surface area contributed by atoms with Crippen molar-refractivity contribution in [2.45, 2.75) is 26.3 Å². The summed E-state index contributed by atoms with van der Waals surface area (Å²) in [6, 6.07) is 12.4. The topological polar surface area (TPSA) is 75.7 Å². The van der Waals surface area contributed by atoms with Crippen LogP contribution in [0.5, 0.6) is 5.75 Å². The van der Waals surface area contributed by atoms with Crippen molar-refractivity contribution in [2.24, 2.45) is 0 Å². The fourth-order valence-corrected chi connectivity index (χ4v) is 4.04. The number of nitrogens with one attached hydrogen (secondary N) is 1. The minimum absolute atomic E-state index is 0.298. The first-order chi connectivity index (χ1) is 12.8. The molecule has 0 fully saturated rings. The summed E-state index contributed by atoms with van der Waals surface area (Å²) in [6.07, 6.45) is 1.37. The molecule has 0 radical (unpaired) electrons. The van der Waals surface area contributed by atoms with E-state index >= 15 is 0 Å². The predicted molar refractivity (Wildman–Crippen MR) is 109 cm³/mol. The Labute approximate surface area is 165 Å². The van der Waals surface area contributed by atoms with E-state index in [-0.39, 0.29) is 0 Å². The molecular formula is C19H23ClN2O4S. The first-order valence-corrected chi connectivity index (χ1v) is 10.8. The lowest BCUT2D eigenvalue weighted by molar-refractivity contribution is -0.117. The van der Waals surface area contributed by atoms with Gasteiger partial charge in [0.1, 0.15) is 11.8 Å². The normalized spacial score (nSPS) is 12.3. The Hall–Kier alpha value is -2.25. The summed E-state index contributed by atoms with van der Waals surface area (Å²) in [5.74, 6) is 0.201. The minimum atomic E-state index is -3.69. The number of sulfonamides is 1. The summed E-state index contributed by atoms with van der Waals surface area (Å²) < 4.78 is 31.4. The van der Waals surface area contributed by atoms with Crippen molar-refractivity contribution in [3.8, 4) is 5.75 Å². The van der Waals surface area contributed by atoms with Crippen LogP contribution in [0.25, 0.3) is 0 Å². The van der Waals surface area contributed by atoms with Crippen molar-refractivity contribution in [1.29, 1.82) is 0 Å². The number of anilines is 2. The standard InChI is InChI=1S/C19H23ClN2O4S/c1-4-18(19(23)21-15-7-6-8-17(13-15)26-5-2)22(27(3,24)25)16-11-9-14(20)10-12-16/h6-13,18H,4-5H2,1-3H3,(H,21,23).